The van der Waals surface area contributed by atoms with Crippen molar-refractivity contribution in [2.45, 2.75) is 25.8 Å². The maximum Gasteiger partial charge on any atom is 0.0965 e. The molecule has 0 aromatic heterocycles. The third kappa shape index (κ3) is 2.37. The van der Waals surface area contributed by atoms with Crippen molar-refractivity contribution < 1.29 is 0 Å². The van der Waals surface area contributed by atoms with E-state index in [9.17, 15) is 0 Å². The fraction of sp³-hybridized carbons (Fsp3) is 0.308. The van der Waals surface area contributed by atoms with Crippen LogP contribution in [0.5, 0.6) is 0 Å². The summed E-state index contributed by atoms with van der Waals surface area (Å²) in [7, 11) is 0. The number of nitriles is 1. The van der Waals surface area contributed by atoms with Gasteiger partial charge in [0.05, 0.1) is 6.07 Å². The van der Waals surface area contributed by atoms with Gasteiger partial charge >= 0.3 is 0 Å². The lowest BCUT2D eigenvalue weighted by molar-refractivity contribution is 0.761. The van der Waals surface area contributed by atoms with Gasteiger partial charge in [0, 0.05) is 22.8 Å². The molecule has 1 aliphatic rings. The molecule has 0 unspecified atom stereocenters. The van der Waals surface area contributed by atoms with E-state index < -0.39 is 0 Å². The summed E-state index contributed by atoms with van der Waals surface area (Å²) >= 11 is 6.06. The van der Waals surface area contributed by atoms with Gasteiger partial charge < -0.3 is 5.32 Å². The van der Waals surface area contributed by atoms with Gasteiger partial charge in [-0.3, -0.25) is 0 Å². The van der Waals surface area contributed by atoms with E-state index in [0.717, 1.165) is 41.1 Å². The molecule has 0 saturated heterocycles. The highest BCUT2D eigenvalue weighted by molar-refractivity contribution is 6.31. The van der Waals surface area contributed by atoms with E-state index >= 15 is 0 Å². The smallest absolute Gasteiger partial charge is 0.0965 e. The molecule has 1 aliphatic carbocycles. The number of nitrogens with zero attached hydrogens (tertiary/aromatic N) is 1. The molecule has 0 aliphatic heterocycles. The Hall–Kier alpha value is -1.46. The third-order valence-electron chi connectivity index (χ3n) is 2.80. The van der Waals surface area contributed by atoms with Crippen LogP contribution in [0.1, 0.15) is 24.8 Å². The lowest BCUT2D eigenvalue weighted by Gasteiger charge is -2.09. The number of rotatable bonds is 3. The molecule has 0 heterocycles. The van der Waals surface area contributed by atoms with Crippen molar-refractivity contribution >= 4 is 11.6 Å². The molecule has 1 aromatic carbocycles. The lowest BCUT2D eigenvalue weighted by Crippen LogP contribution is -2.12. The van der Waals surface area contributed by atoms with Crippen LogP contribution in [-0.2, 0) is 6.54 Å². The van der Waals surface area contributed by atoms with Crippen LogP contribution in [0.3, 0.4) is 0 Å². The van der Waals surface area contributed by atoms with Crippen LogP contribution < -0.4 is 5.32 Å². The normalized spacial score (nSPS) is 15.0. The average Bonchev–Trinajstić information content (AvgIpc) is 2.75. The minimum absolute atomic E-state index is 0.695. The Kier molecular flexibility index (Phi) is 3.48. The van der Waals surface area contributed by atoms with Gasteiger partial charge in [-0.15, -0.1) is 0 Å². The fourth-order valence-corrected chi connectivity index (χ4v) is 2.11. The van der Waals surface area contributed by atoms with Gasteiger partial charge in [-0.1, -0.05) is 29.8 Å². The molecule has 16 heavy (non-hydrogen) atoms. The first-order valence-electron chi connectivity index (χ1n) is 5.40. The highest BCUT2D eigenvalue weighted by Crippen LogP contribution is 2.24. The maximum atomic E-state index is 8.91. The van der Waals surface area contributed by atoms with Crippen LogP contribution in [0.2, 0.25) is 5.02 Å². The highest BCUT2D eigenvalue weighted by atomic mass is 35.5. The van der Waals surface area contributed by atoms with E-state index in [2.05, 4.69) is 11.4 Å². The summed E-state index contributed by atoms with van der Waals surface area (Å²) in [6.45, 7) is 0.695. The predicted octanol–water partition coefficient (Wildman–Crippen LogP) is 3.39. The van der Waals surface area contributed by atoms with E-state index in [4.69, 9.17) is 16.9 Å². The molecule has 3 heteroatoms. The zero-order chi connectivity index (χ0) is 11.4. The van der Waals surface area contributed by atoms with Crippen molar-refractivity contribution in [3.05, 3.63) is 46.1 Å². The molecular weight excluding hydrogens is 220 g/mol. The Balaban J connectivity index is 2.03. The molecule has 2 nitrogen and oxygen atoms in total. The van der Waals surface area contributed by atoms with Crippen molar-refractivity contribution in [2.24, 2.45) is 0 Å². The van der Waals surface area contributed by atoms with Gasteiger partial charge in [0.15, 0.2) is 0 Å². The molecule has 2 rings (SSSR count). The number of hydrogen-bond donors (Lipinski definition) is 1. The molecule has 1 aromatic rings. The van der Waals surface area contributed by atoms with Crippen LogP contribution in [0, 0.1) is 11.3 Å². The van der Waals surface area contributed by atoms with Crippen molar-refractivity contribution in [2.75, 3.05) is 0 Å². The van der Waals surface area contributed by atoms with Gasteiger partial charge in [0.1, 0.15) is 0 Å². The predicted molar refractivity (Wildman–Crippen MR) is 64.8 cm³/mol. The first-order chi connectivity index (χ1) is 7.81. The van der Waals surface area contributed by atoms with E-state index in [-0.39, 0.29) is 0 Å². The largest absolute Gasteiger partial charge is 0.383 e. The van der Waals surface area contributed by atoms with Crippen molar-refractivity contribution in [3.63, 3.8) is 0 Å². The summed E-state index contributed by atoms with van der Waals surface area (Å²) in [6, 6.07) is 10.0. The summed E-state index contributed by atoms with van der Waals surface area (Å²) < 4.78 is 0. The first kappa shape index (κ1) is 11.0. The Morgan fingerprint density at radius 1 is 1.31 bits per heavy atom. The zero-order valence-electron chi connectivity index (χ0n) is 8.96. The van der Waals surface area contributed by atoms with Crippen LogP contribution in [0.25, 0.3) is 0 Å². The Labute approximate surface area is 101 Å². The molecule has 0 atom stereocenters. The van der Waals surface area contributed by atoms with Gasteiger partial charge in [-0.2, -0.15) is 5.26 Å². The van der Waals surface area contributed by atoms with Crippen molar-refractivity contribution in [3.8, 4) is 6.07 Å². The Morgan fingerprint density at radius 2 is 2.12 bits per heavy atom. The number of hydrogen-bond acceptors (Lipinski definition) is 2. The number of halogens is 1. The second-order valence-corrected chi connectivity index (χ2v) is 4.27. The van der Waals surface area contributed by atoms with E-state index in [1.165, 1.54) is 0 Å². The van der Waals surface area contributed by atoms with Gasteiger partial charge in [-0.05, 0) is 30.9 Å². The molecular formula is C13H13ClN2. The summed E-state index contributed by atoms with van der Waals surface area (Å²) in [5.41, 5.74) is 3.05. The van der Waals surface area contributed by atoms with Gasteiger partial charge in [0.25, 0.3) is 0 Å². The van der Waals surface area contributed by atoms with E-state index in [1.807, 2.05) is 24.3 Å². The monoisotopic (exact) mass is 232 g/mol. The quantitative estimate of drug-likeness (QED) is 0.867. The molecule has 0 bridgehead atoms. The average molecular weight is 233 g/mol. The van der Waals surface area contributed by atoms with Crippen LogP contribution in [-0.4, -0.2) is 0 Å². The van der Waals surface area contributed by atoms with Crippen molar-refractivity contribution in [1.82, 2.24) is 5.32 Å². The standard InChI is InChI=1S/C13H13ClN2/c14-12-6-2-1-4-11(12)9-16-13-7-3-5-10(13)8-15/h1-2,4,6,16H,3,5,7,9H2. The highest BCUT2D eigenvalue weighted by Gasteiger charge is 2.13. The van der Waals surface area contributed by atoms with Crippen LogP contribution in [0.15, 0.2) is 35.5 Å². The lowest BCUT2D eigenvalue weighted by atomic mass is 10.2. The van der Waals surface area contributed by atoms with Gasteiger partial charge in [-0.25, -0.2) is 0 Å². The number of benzene rings is 1. The second-order valence-electron chi connectivity index (χ2n) is 3.87. The molecule has 82 valence electrons. The molecule has 0 fully saturated rings. The number of nitrogens with one attached hydrogen (secondary N) is 1. The molecule has 0 saturated carbocycles. The molecule has 0 amide bonds. The summed E-state index contributed by atoms with van der Waals surface area (Å²) in [4.78, 5) is 0. The number of allylic oxidation sites excluding steroid dienone is 2. The topological polar surface area (TPSA) is 35.8 Å². The molecule has 1 N–H and O–H groups in total. The fourth-order valence-electron chi connectivity index (χ4n) is 1.91. The van der Waals surface area contributed by atoms with E-state index in [0.29, 0.717) is 6.54 Å². The molecule has 0 radical (unpaired) electrons. The second kappa shape index (κ2) is 5.05. The van der Waals surface area contributed by atoms with Crippen LogP contribution in [0.4, 0.5) is 0 Å². The zero-order valence-corrected chi connectivity index (χ0v) is 9.72. The summed E-state index contributed by atoms with van der Waals surface area (Å²) in [5.74, 6) is 0. The first-order valence-corrected chi connectivity index (χ1v) is 5.78. The van der Waals surface area contributed by atoms with Crippen LogP contribution >= 0.6 is 11.6 Å². The summed E-state index contributed by atoms with van der Waals surface area (Å²) in [5, 5.41) is 13.0. The summed E-state index contributed by atoms with van der Waals surface area (Å²) in [6.07, 6.45) is 2.96. The van der Waals surface area contributed by atoms with E-state index in [1.54, 1.807) is 0 Å². The SMILES string of the molecule is N#CC1=C(NCc2ccccc2Cl)CCC1. The molecule has 0 spiro atoms. The van der Waals surface area contributed by atoms with Crippen molar-refractivity contribution in [1.29, 1.82) is 5.26 Å². The Morgan fingerprint density at radius 3 is 2.88 bits per heavy atom. The maximum absolute atomic E-state index is 8.91. The Bertz CT molecular complexity index is 457. The van der Waals surface area contributed by atoms with Gasteiger partial charge in [0.2, 0.25) is 0 Å². The third-order valence-corrected chi connectivity index (χ3v) is 3.17. The minimum Gasteiger partial charge on any atom is -0.383 e. The minimum atomic E-state index is 0.695.